The Morgan fingerprint density at radius 3 is 2.52 bits per heavy atom. The van der Waals surface area contributed by atoms with Crippen molar-refractivity contribution in [2.75, 3.05) is 12.4 Å². The number of halogens is 1. The van der Waals surface area contributed by atoms with Gasteiger partial charge in [0.2, 0.25) is 0 Å². The van der Waals surface area contributed by atoms with Gasteiger partial charge in [-0.25, -0.2) is 9.59 Å². The number of aromatic nitrogens is 2. The van der Waals surface area contributed by atoms with Gasteiger partial charge in [0.1, 0.15) is 0 Å². The van der Waals surface area contributed by atoms with Crippen LogP contribution in [-0.2, 0) is 4.74 Å². The number of hydrogen-bond acceptors (Lipinski definition) is 6. The number of ether oxygens (including phenoxy) is 1. The summed E-state index contributed by atoms with van der Waals surface area (Å²) >= 11 is 5.86. The number of esters is 1. The number of carboxylic acids is 1. The predicted octanol–water partition coefficient (Wildman–Crippen LogP) is 2.36. The van der Waals surface area contributed by atoms with Crippen LogP contribution in [0.25, 0.3) is 0 Å². The first-order valence-electron chi connectivity index (χ1n) is 5.73. The molecule has 0 radical (unpaired) electrons. The summed E-state index contributed by atoms with van der Waals surface area (Å²) in [5, 5.41) is 19.4. The van der Waals surface area contributed by atoms with Crippen LogP contribution in [-0.4, -0.2) is 34.4 Å². The molecule has 108 valence electrons. The Bertz CT molecular complexity index is 688. The molecule has 2 aromatic rings. The molecule has 1 heterocycles. The Hall–Kier alpha value is -2.67. The Labute approximate surface area is 124 Å². The van der Waals surface area contributed by atoms with E-state index < -0.39 is 11.9 Å². The quantitative estimate of drug-likeness (QED) is 0.836. The summed E-state index contributed by atoms with van der Waals surface area (Å²) in [6.07, 6.45) is 0. The average Bonchev–Trinajstić information content (AvgIpc) is 2.47. The highest BCUT2D eigenvalue weighted by Crippen LogP contribution is 2.23. The van der Waals surface area contributed by atoms with Crippen molar-refractivity contribution in [3.63, 3.8) is 0 Å². The van der Waals surface area contributed by atoms with E-state index in [0.29, 0.717) is 11.5 Å². The lowest BCUT2D eigenvalue weighted by molar-refractivity contribution is 0.0592. The Morgan fingerprint density at radius 1 is 1.24 bits per heavy atom. The van der Waals surface area contributed by atoms with E-state index in [9.17, 15) is 9.59 Å². The standard InChI is InChI=1S/C13H10ClN3O4/c1-21-13(20)10-4-5-11(17-16-10)15-7-2-3-8(12(18)19)9(14)6-7/h2-6H,1H3,(H,15,17)(H,18,19). The number of carbonyl (C=O) groups excluding carboxylic acids is 1. The molecule has 2 N–H and O–H groups in total. The van der Waals surface area contributed by atoms with Gasteiger partial charge in [0.15, 0.2) is 11.5 Å². The van der Waals surface area contributed by atoms with Crippen molar-refractivity contribution in [2.45, 2.75) is 0 Å². The fourth-order valence-electron chi connectivity index (χ4n) is 1.53. The first kappa shape index (κ1) is 14.7. The van der Waals surface area contributed by atoms with Crippen molar-refractivity contribution >= 4 is 35.0 Å². The van der Waals surface area contributed by atoms with Crippen LogP contribution < -0.4 is 5.32 Å². The van der Waals surface area contributed by atoms with Gasteiger partial charge in [0.05, 0.1) is 17.7 Å². The number of nitrogens with one attached hydrogen (secondary N) is 1. The predicted molar refractivity (Wildman–Crippen MR) is 75.1 cm³/mol. The van der Waals surface area contributed by atoms with Crippen LogP contribution in [0.4, 0.5) is 11.5 Å². The van der Waals surface area contributed by atoms with Crippen molar-refractivity contribution < 1.29 is 19.4 Å². The Balaban J connectivity index is 2.17. The van der Waals surface area contributed by atoms with Crippen LogP contribution in [0.3, 0.4) is 0 Å². The molecular formula is C13H10ClN3O4. The second-order valence-electron chi connectivity index (χ2n) is 3.92. The molecule has 0 fully saturated rings. The molecule has 0 aliphatic heterocycles. The molecule has 0 aliphatic carbocycles. The molecule has 7 nitrogen and oxygen atoms in total. The van der Waals surface area contributed by atoms with Gasteiger partial charge in [-0.2, -0.15) is 0 Å². The maximum Gasteiger partial charge on any atom is 0.358 e. The van der Waals surface area contributed by atoms with Crippen LogP contribution in [0.5, 0.6) is 0 Å². The van der Waals surface area contributed by atoms with Crippen molar-refractivity contribution in [2.24, 2.45) is 0 Å². The number of benzene rings is 1. The highest BCUT2D eigenvalue weighted by molar-refractivity contribution is 6.33. The van der Waals surface area contributed by atoms with E-state index in [2.05, 4.69) is 20.3 Å². The first-order valence-corrected chi connectivity index (χ1v) is 6.11. The molecule has 1 aromatic heterocycles. The van der Waals surface area contributed by atoms with Crippen molar-refractivity contribution in [1.82, 2.24) is 10.2 Å². The number of aromatic carboxylic acids is 1. The lowest BCUT2D eigenvalue weighted by Crippen LogP contribution is -2.06. The third-order valence-corrected chi connectivity index (χ3v) is 2.84. The lowest BCUT2D eigenvalue weighted by atomic mass is 10.2. The maximum atomic E-state index is 11.2. The van der Waals surface area contributed by atoms with Gasteiger partial charge in [0, 0.05) is 5.69 Å². The van der Waals surface area contributed by atoms with Crippen LogP contribution in [0.15, 0.2) is 30.3 Å². The number of carboxylic acid groups (broad SMARTS) is 1. The molecule has 21 heavy (non-hydrogen) atoms. The SMILES string of the molecule is COC(=O)c1ccc(Nc2ccc(C(=O)O)c(Cl)c2)nn1. The maximum absolute atomic E-state index is 11.2. The van der Waals surface area contributed by atoms with Gasteiger partial charge in [-0.05, 0) is 30.3 Å². The molecule has 0 spiro atoms. The summed E-state index contributed by atoms with van der Waals surface area (Å²) in [5.74, 6) is -1.31. The number of anilines is 2. The van der Waals surface area contributed by atoms with Crippen molar-refractivity contribution in [3.05, 3.63) is 46.6 Å². The van der Waals surface area contributed by atoms with Crippen molar-refractivity contribution in [3.8, 4) is 0 Å². The third-order valence-electron chi connectivity index (χ3n) is 2.53. The molecule has 0 amide bonds. The molecule has 0 atom stereocenters. The third kappa shape index (κ3) is 3.46. The highest BCUT2D eigenvalue weighted by atomic mass is 35.5. The van der Waals surface area contributed by atoms with E-state index in [1.165, 1.54) is 31.4 Å². The van der Waals surface area contributed by atoms with Gasteiger partial charge in [0.25, 0.3) is 0 Å². The normalized spacial score (nSPS) is 10.0. The minimum absolute atomic E-state index is 0.00865. The molecule has 2 rings (SSSR count). The first-order chi connectivity index (χ1) is 10.0. The molecule has 1 aromatic carbocycles. The van der Waals surface area contributed by atoms with Crippen LogP contribution in [0.1, 0.15) is 20.8 Å². The largest absolute Gasteiger partial charge is 0.478 e. The molecule has 8 heteroatoms. The summed E-state index contributed by atoms with van der Waals surface area (Å²) in [4.78, 5) is 22.1. The van der Waals surface area contributed by atoms with Crippen LogP contribution in [0, 0.1) is 0 Å². The molecule has 0 unspecified atom stereocenters. The van der Waals surface area contributed by atoms with E-state index >= 15 is 0 Å². The van der Waals surface area contributed by atoms with E-state index in [4.69, 9.17) is 16.7 Å². The fourth-order valence-corrected chi connectivity index (χ4v) is 1.79. The van der Waals surface area contributed by atoms with E-state index in [0.717, 1.165) is 0 Å². The van der Waals surface area contributed by atoms with Crippen molar-refractivity contribution in [1.29, 1.82) is 0 Å². The van der Waals surface area contributed by atoms with Gasteiger partial charge < -0.3 is 15.2 Å². The zero-order valence-corrected chi connectivity index (χ0v) is 11.6. The van der Waals surface area contributed by atoms with Gasteiger partial charge in [-0.1, -0.05) is 11.6 Å². The van der Waals surface area contributed by atoms with Gasteiger partial charge in [-0.3, -0.25) is 0 Å². The minimum atomic E-state index is -1.10. The highest BCUT2D eigenvalue weighted by Gasteiger charge is 2.10. The smallest absolute Gasteiger partial charge is 0.358 e. The summed E-state index contributed by atoms with van der Waals surface area (Å²) in [5.41, 5.74) is 0.641. The summed E-state index contributed by atoms with van der Waals surface area (Å²) in [7, 11) is 1.25. The number of methoxy groups -OCH3 is 1. The molecule has 0 bridgehead atoms. The van der Waals surface area contributed by atoms with E-state index in [1.807, 2.05) is 0 Å². The van der Waals surface area contributed by atoms with E-state index in [-0.39, 0.29) is 16.3 Å². The summed E-state index contributed by atoms with van der Waals surface area (Å²) in [6, 6.07) is 7.38. The Kier molecular flexibility index (Phi) is 4.34. The molecule has 0 saturated heterocycles. The topological polar surface area (TPSA) is 101 Å². The molecule has 0 aliphatic rings. The second kappa shape index (κ2) is 6.19. The zero-order valence-electron chi connectivity index (χ0n) is 10.8. The van der Waals surface area contributed by atoms with Crippen LogP contribution in [0.2, 0.25) is 5.02 Å². The van der Waals surface area contributed by atoms with Gasteiger partial charge >= 0.3 is 11.9 Å². The lowest BCUT2D eigenvalue weighted by Gasteiger charge is -2.07. The number of nitrogens with zero attached hydrogens (tertiary/aromatic N) is 2. The number of hydrogen-bond donors (Lipinski definition) is 2. The van der Waals surface area contributed by atoms with E-state index in [1.54, 1.807) is 6.07 Å². The summed E-state index contributed by atoms with van der Waals surface area (Å²) in [6.45, 7) is 0. The Morgan fingerprint density at radius 2 is 2.00 bits per heavy atom. The molecule has 0 saturated carbocycles. The average molecular weight is 308 g/mol. The number of rotatable bonds is 4. The second-order valence-corrected chi connectivity index (χ2v) is 4.33. The molecular weight excluding hydrogens is 298 g/mol. The number of carbonyl (C=O) groups is 2. The van der Waals surface area contributed by atoms with Gasteiger partial charge in [-0.15, -0.1) is 10.2 Å². The van der Waals surface area contributed by atoms with Crippen LogP contribution >= 0.6 is 11.6 Å². The monoisotopic (exact) mass is 307 g/mol. The zero-order chi connectivity index (χ0) is 15.4. The summed E-state index contributed by atoms with van der Waals surface area (Å²) < 4.78 is 4.51. The minimum Gasteiger partial charge on any atom is -0.478 e. The fraction of sp³-hybridized carbons (Fsp3) is 0.0769.